The van der Waals surface area contributed by atoms with Gasteiger partial charge in [-0.25, -0.2) is 9.97 Å². The molecule has 0 fully saturated rings. The van der Waals surface area contributed by atoms with E-state index in [0.29, 0.717) is 6.04 Å². The normalized spacial score (nSPS) is 11.2. The first-order chi connectivity index (χ1) is 9.65. The molecule has 2 aromatic heterocycles. The molecule has 0 saturated heterocycles. The minimum atomic E-state index is 0.346. The van der Waals surface area contributed by atoms with Gasteiger partial charge in [0.2, 0.25) is 0 Å². The summed E-state index contributed by atoms with van der Waals surface area (Å²) < 4.78 is 0. The lowest BCUT2D eigenvalue weighted by Crippen LogP contribution is -2.11. The van der Waals surface area contributed by atoms with Crippen molar-refractivity contribution in [3.63, 3.8) is 0 Å². The number of nitrogens with one attached hydrogen (secondary N) is 1. The number of benzene rings is 1. The number of nitrogens with zero attached hydrogens (tertiary/aromatic N) is 2. The lowest BCUT2D eigenvalue weighted by Gasteiger charge is -2.11. The SMILES string of the molecule is Cc1ccc(-c2csc3ncnc(NC(C)C)c23)cc1. The summed E-state index contributed by atoms with van der Waals surface area (Å²) in [5.41, 5.74) is 3.68. The summed E-state index contributed by atoms with van der Waals surface area (Å²) in [5.74, 6) is 0.918. The number of rotatable bonds is 3. The predicted octanol–water partition coefficient (Wildman–Crippen LogP) is 4.49. The second-order valence-corrected chi connectivity index (χ2v) is 6.07. The van der Waals surface area contributed by atoms with Crippen molar-refractivity contribution in [3.8, 4) is 11.1 Å². The van der Waals surface area contributed by atoms with Crippen molar-refractivity contribution in [2.24, 2.45) is 0 Å². The van der Waals surface area contributed by atoms with E-state index in [-0.39, 0.29) is 0 Å². The van der Waals surface area contributed by atoms with E-state index in [4.69, 9.17) is 0 Å². The smallest absolute Gasteiger partial charge is 0.139 e. The van der Waals surface area contributed by atoms with Crippen LogP contribution in [0, 0.1) is 6.92 Å². The quantitative estimate of drug-likeness (QED) is 0.769. The topological polar surface area (TPSA) is 37.8 Å². The van der Waals surface area contributed by atoms with Crippen LogP contribution in [0.3, 0.4) is 0 Å². The van der Waals surface area contributed by atoms with E-state index in [0.717, 1.165) is 16.0 Å². The Kier molecular flexibility index (Phi) is 3.40. The van der Waals surface area contributed by atoms with Crippen LogP contribution in [-0.2, 0) is 0 Å². The van der Waals surface area contributed by atoms with Crippen LogP contribution in [0.2, 0.25) is 0 Å². The highest BCUT2D eigenvalue weighted by Gasteiger charge is 2.13. The van der Waals surface area contributed by atoms with Crippen LogP contribution in [0.25, 0.3) is 21.3 Å². The fourth-order valence-corrected chi connectivity index (χ4v) is 3.12. The van der Waals surface area contributed by atoms with Crippen LogP contribution < -0.4 is 5.32 Å². The molecule has 2 heterocycles. The molecule has 0 amide bonds. The van der Waals surface area contributed by atoms with E-state index in [2.05, 4.69) is 65.7 Å². The Morgan fingerprint density at radius 3 is 2.55 bits per heavy atom. The zero-order chi connectivity index (χ0) is 14.1. The van der Waals surface area contributed by atoms with Crippen LogP contribution in [0.4, 0.5) is 5.82 Å². The number of thiophene rings is 1. The maximum absolute atomic E-state index is 4.41. The molecule has 1 aromatic carbocycles. The summed E-state index contributed by atoms with van der Waals surface area (Å²) in [5, 5.41) is 6.69. The van der Waals surface area contributed by atoms with Gasteiger partial charge in [-0.15, -0.1) is 11.3 Å². The molecule has 0 saturated carbocycles. The van der Waals surface area contributed by atoms with E-state index in [1.54, 1.807) is 17.7 Å². The van der Waals surface area contributed by atoms with Gasteiger partial charge in [-0.1, -0.05) is 29.8 Å². The van der Waals surface area contributed by atoms with Crippen molar-refractivity contribution in [1.82, 2.24) is 9.97 Å². The van der Waals surface area contributed by atoms with Gasteiger partial charge >= 0.3 is 0 Å². The van der Waals surface area contributed by atoms with Crippen molar-refractivity contribution >= 4 is 27.4 Å². The minimum absolute atomic E-state index is 0.346. The Morgan fingerprint density at radius 1 is 1.10 bits per heavy atom. The second-order valence-electron chi connectivity index (χ2n) is 5.22. The number of anilines is 1. The van der Waals surface area contributed by atoms with Crippen LogP contribution in [-0.4, -0.2) is 16.0 Å². The summed E-state index contributed by atoms with van der Waals surface area (Å²) in [7, 11) is 0. The highest BCUT2D eigenvalue weighted by Crippen LogP contribution is 2.36. The zero-order valence-corrected chi connectivity index (χ0v) is 12.7. The van der Waals surface area contributed by atoms with Gasteiger partial charge in [-0.05, 0) is 26.3 Å². The molecule has 3 aromatic rings. The number of aromatic nitrogens is 2. The summed E-state index contributed by atoms with van der Waals surface area (Å²) in [6.07, 6.45) is 1.63. The molecule has 0 aliphatic heterocycles. The first-order valence-corrected chi connectivity index (χ1v) is 7.59. The first-order valence-electron chi connectivity index (χ1n) is 6.71. The Morgan fingerprint density at radius 2 is 1.85 bits per heavy atom. The number of aryl methyl sites for hydroxylation is 1. The summed E-state index contributed by atoms with van der Waals surface area (Å²) in [6, 6.07) is 8.93. The molecule has 20 heavy (non-hydrogen) atoms. The molecular weight excluding hydrogens is 266 g/mol. The van der Waals surface area contributed by atoms with Crippen molar-refractivity contribution in [1.29, 1.82) is 0 Å². The number of fused-ring (bicyclic) bond motifs is 1. The Bertz CT molecular complexity index is 729. The molecule has 3 nitrogen and oxygen atoms in total. The van der Waals surface area contributed by atoms with E-state index in [9.17, 15) is 0 Å². The van der Waals surface area contributed by atoms with E-state index in [1.807, 2.05) is 0 Å². The molecular formula is C16H17N3S. The molecule has 3 rings (SSSR count). The third kappa shape index (κ3) is 2.39. The molecule has 0 radical (unpaired) electrons. The zero-order valence-electron chi connectivity index (χ0n) is 11.8. The maximum Gasteiger partial charge on any atom is 0.139 e. The Balaban J connectivity index is 2.18. The average Bonchev–Trinajstić information content (AvgIpc) is 2.84. The third-order valence-electron chi connectivity index (χ3n) is 3.16. The van der Waals surface area contributed by atoms with Crippen molar-refractivity contribution in [2.45, 2.75) is 26.8 Å². The van der Waals surface area contributed by atoms with Crippen LogP contribution in [0.5, 0.6) is 0 Å². The van der Waals surface area contributed by atoms with Crippen molar-refractivity contribution in [2.75, 3.05) is 5.32 Å². The monoisotopic (exact) mass is 283 g/mol. The van der Waals surface area contributed by atoms with Gasteiger partial charge in [0.25, 0.3) is 0 Å². The van der Waals surface area contributed by atoms with Gasteiger partial charge in [-0.3, -0.25) is 0 Å². The number of hydrogen-bond acceptors (Lipinski definition) is 4. The molecule has 0 bridgehead atoms. The van der Waals surface area contributed by atoms with Crippen LogP contribution >= 0.6 is 11.3 Å². The molecule has 0 aliphatic carbocycles. The molecule has 0 spiro atoms. The van der Waals surface area contributed by atoms with E-state index >= 15 is 0 Å². The predicted molar refractivity (Wildman–Crippen MR) is 86.3 cm³/mol. The van der Waals surface area contributed by atoms with Crippen LogP contribution in [0.15, 0.2) is 36.0 Å². The molecule has 1 N–H and O–H groups in total. The fraction of sp³-hybridized carbons (Fsp3) is 0.250. The van der Waals surface area contributed by atoms with Gasteiger partial charge in [0, 0.05) is 17.0 Å². The van der Waals surface area contributed by atoms with Gasteiger partial charge in [0.05, 0.1) is 5.39 Å². The standard InChI is InChI=1S/C16H17N3S/c1-10(2)19-15-14-13(8-20-16(14)18-9-17-15)12-6-4-11(3)5-7-12/h4-10H,1-3H3,(H,17,18,19). The Hall–Kier alpha value is -1.94. The summed E-state index contributed by atoms with van der Waals surface area (Å²) >= 11 is 1.66. The highest BCUT2D eigenvalue weighted by molar-refractivity contribution is 7.17. The Labute approximate surface area is 122 Å². The number of hydrogen-bond donors (Lipinski definition) is 1. The highest BCUT2D eigenvalue weighted by atomic mass is 32.1. The van der Waals surface area contributed by atoms with Crippen molar-refractivity contribution < 1.29 is 0 Å². The lowest BCUT2D eigenvalue weighted by atomic mass is 10.0. The van der Waals surface area contributed by atoms with Gasteiger partial charge in [-0.2, -0.15) is 0 Å². The second kappa shape index (κ2) is 5.21. The van der Waals surface area contributed by atoms with Gasteiger partial charge in [0.15, 0.2) is 0 Å². The summed E-state index contributed by atoms with van der Waals surface area (Å²) in [4.78, 5) is 9.81. The van der Waals surface area contributed by atoms with E-state index in [1.165, 1.54) is 16.7 Å². The maximum atomic E-state index is 4.41. The van der Waals surface area contributed by atoms with Gasteiger partial charge in [0.1, 0.15) is 17.0 Å². The molecule has 4 heteroatoms. The molecule has 102 valence electrons. The first kappa shape index (κ1) is 13.1. The fourth-order valence-electron chi connectivity index (χ4n) is 2.20. The third-order valence-corrected chi connectivity index (χ3v) is 4.04. The largest absolute Gasteiger partial charge is 0.367 e. The molecule has 0 unspecified atom stereocenters. The summed E-state index contributed by atoms with van der Waals surface area (Å²) in [6.45, 7) is 6.34. The molecule has 0 atom stereocenters. The van der Waals surface area contributed by atoms with E-state index < -0.39 is 0 Å². The van der Waals surface area contributed by atoms with Gasteiger partial charge < -0.3 is 5.32 Å². The lowest BCUT2D eigenvalue weighted by molar-refractivity contribution is 0.890. The minimum Gasteiger partial charge on any atom is -0.367 e. The molecule has 0 aliphatic rings. The van der Waals surface area contributed by atoms with Crippen LogP contribution in [0.1, 0.15) is 19.4 Å². The van der Waals surface area contributed by atoms with Crippen molar-refractivity contribution in [3.05, 3.63) is 41.5 Å². The average molecular weight is 283 g/mol.